The summed E-state index contributed by atoms with van der Waals surface area (Å²) in [5, 5.41) is 0.781. The molecule has 1 aromatic carbocycles. The molecule has 0 fully saturated rings. The lowest BCUT2D eigenvalue weighted by atomic mass is 10.1. The van der Waals surface area contributed by atoms with Crippen LogP contribution in [0.1, 0.15) is 5.56 Å². The molecular weight excluding hydrogens is 181 g/mol. The van der Waals surface area contributed by atoms with Crippen molar-refractivity contribution in [3.05, 3.63) is 41.9 Å². The molecule has 0 spiro atoms. The van der Waals surface area contributed by atoms with Crippen LogP contribution in [0.25, 0.3) is 17.0 Å². The highest BCUT2D eigenvalue weighted by Crippen LogP contribution is 2.20. The van der Waals surface area contributed by atoms with E-state index in [-0.39, 0.29) is 5.82 Å². The maximum absolute atomic E-state index is 12.9. The molecule has 1 heterocycles. The topological polar surface area (TPSA) is 32.9 Å². The first kappa shape index (κ1) is 8.69. The standard InChI is InChI=1S/C11H8FNO/c12-9-3-4-11-10(6-9)8(7-13-11)2-1-5-14/h1-7,13H. The third-order valence-electron chi connectivity index (χ3n) is 2.03. The Labute approximate surface area is 80.1 Å². The fourth-order valence-electron chi connectivity index (χ4n) is 1.40. The lowest BCUT2D eigenvalue weighted by Gasteiger charge is -1.91. The van der Waals surface area contributed by atoms with Gasteiger partial charge in [0, 0.05) is 17.1 Å². The monoisotopic (exact) mass is 189 g/mol. The number of H-pyrrole nitrogens is 1. The number of carbonyl (C=O) groups is 1. The second kappa shape index (κ2) is 3.46. The second-order valence-electron chi connectivity index (χ2n) is 2.93. The number of rotatable bonds is 2. The van der Waals surface area contributed by atoms with Gasteiger partial charge in [-0.25, -0.2) is 4.39 Å². The zero-order chi connectivity index (χ0) is 9.97. The molecule has 2 rings (SSSR count). The Balaban J connectivity index is 2.60. The van der Waals surface area contributed by atoms with Gasteiger partial charge in [-0.15, -0.1) is 0 Å². The normalized spacial score (nSPS) is 11.2. The maximum atomic E-state index is 12.9. The summed E-state index contributed by atoms with van der Waals surface area (Å²) in [5.41, 5.74) is 1.67. The summed E-state index contributed by atoms with van der Waals surface area (Å²) in [6, 6.07) is 4.51. The van der Waals surface area contributed by atoms with Gasteiger partial charge in [0.1, 0.15) is 12.1 Å². The van der Waals surface area contributed by atoms with Crippen molar-refractivity contribution in [2.75, 3.05) is 0 Å². The molecular formula is C11H8FNO. The number of benzene rings is 1. The number of halogens is 1. The van der Waals surface area contributed by atoms with Crippen LogP contribution >= 0.6 is 0 Å². The van der Waals surface area contributed by atoms with Gasteiger partial charge in [-0.1, -0.05) is 0 Å². The van der Waals surface area contributed by atoms with Crippen LogP contribution in [0.4, 0.5) is 4.39 Å². The Bertz CT molecular complexity index is 499. The van der Waals surface area contributed by atoms with Crippen molar-refractivity contribution >= 4 is 23.3 Å². The zero-order valence-corrected chi connectivity index (χ0v) is 7.33. The molecule has 0 amide bonds. The highest BCUT2D eigenvalue weighted by Gasteiger charge is 2.01. The number of nitrogens with one attached hydrogen (secondary N) is 1. The van der Waals surface area contributed by atoms with Crippen molar-refractivity contribution in [2.45, 2.75) is 0 Å². The van der Waals surface area contributed by atoms with Crippen molar-refractivity contribution < 1.29 is 9.18 Å². The van der Waals surface area contributed by atoms with Gasteiger partial charge >= 0.3 is 0 Å². The first-order chi connectivity index (χ1) is 6.81. The molecule has 1 aromatic heterocycles. The van der Waals surface area contributed by atoms with Crippen LogP contribution in [0.15, 0.2) is 30.5 Å². The van der Waals surface area contributed by atoms with Gasteiger partial charge in [-0.3, -0.25) is 4.79 Å². The van der Waals surface area contributed by atoms with Crippen LogP contribution in [0.5, 0.6) is 0 Å². The molecule has 0 radical (unpaired) electrons. The predicted molar refractivity (Wildman–Crippen MR) is 53.4 cm³/mol. The molecule has 0 saturated heterocycles. The number of hydrogen-bond donors (Lipinski definition) is 1. The van der Waals surface area contributed by atoms with Crippen LogP contribution in [-0.4, -0.2) is 11.3 Å². The van der Waals surface area contributed by atoms with E-state index in [0.717, 1.165) is 16.5 Å². The van der Waals surface area contributed by atoms with E-state index in [1.165, 1.54) is 18.2 Å². The van der Waals surface area contributed by atoms with Crippen molar-refractivity contribution in [3.63, 3.8) is 0 Å². The van der Waals surface area contributed by atoms with E-state index in [9.17, 15) is 9.18 Å². The van der Waals surface area contributed by atoms with Crippen LogP contribution in [0.2, 0.25) is 0 Å². The third-order valence-corrected chi connectivity index (χ3v) is 2.03. The minimum Gasteiger partial charge on any atom is -0.361 e. The number of fused-ring (bicyclic) bond motifs is 1. The van der Waals surface area contributed by atoms with E-state index in [1.807, 2.05) is 0 Å². The molecule has 0 aliphatic carbocycles. The summed E-state index contributed by atoms with van der Waals surface area (Å²) in [4.78, 5) is 13.1. The van der Waals surface area contributed by atoms with Crippen LogP contribution in [0, 0.1) is 5.82 Å². The molecule has 2 aromatic rings. The molecule has 70 valence electrons. The second-order valence-corrected chi connectivity index (χ2v) is 2.93. The molecule has 14 heavy (non-hydrogen) atoms. The summed E-state index contributed by atoms with van der Waals surface area (Å²) in [6.07, 6.45) is 5.46. The first-order valence-corrected chi connectivity index (χ1v) is 4.20. The van der Waals surface area contributed by atoms with Gasteiger partial charge in [0.15, 0.2) is 0 Å². The largest absolute Gasteiger partial charge is 0.361 e. The molecule has 0 bridgehead atoms. The fourth-order valence-corrected chi connectivity index (χ4v) is 1.40. The summed E-state index contributed by atoms with van der Waals surface area (Å²) in [7, 11) is 0. The predicted octanol–water partition coefficient (Wildman–Crippen LogP) is 2.52. The Hall–Kier alpha value is -1.90. The molecule has 2 nitrogen and oxygen atoms in total. The number of aromatic amines is 1. The Morgan fingerprint density at radius 2 is 2.21 bits per heavy atom. The maximum Gasteiger partial charge on any atom is 0.142 e. The number of aldehydes is 1. The number of aromatic nitrogens is 1. The Kier molecular flexibility index (Phi) is 2.14. The average molecular weight is 189 g/mol. The summed E-state index contributed by atoms with van der Waals surface area (Å²) in [5.74, 6) is -0.280. The fraction of sp³-hybridized carbons (Fsp3) is 0. The molecule has 1 N–H and O–H groups in total. The molecule has 0 atom stereocenters. The molecule has 3 heteroatoms. The molecule has 0 aliphatic heterocycles. The van der Waals surface area contributed by atoms with E-state index >= 15 is 0 Å². The van der Waals surface area contributed by atoms with Gasteiger partial charge in [-0.05, 0) is 35.9 Å². The Morgan fingerprint density at radius 1 is 1.36 bits per heavy atom. The van der Waals surface area contributed by atoms with Gasteiger partial charge < -0.3 is 4.98 Å². The van der Waals surface area contributed by atoms with Crippen LogP contribution in [-0.2, 0) is 4.79 Å². The van der Waals surface area contributed by atoms with Crippen molar-refractivity contribution in [3.8, 4) is 0 Å². The number of allylic oxidation sites excluding steroid dienone is 1. The minimum atomic E-state index is -0.280. The van der Waals surface area contributed by atoms with Gasteiger partial charge in [0.05, 0.1) is 0 Å². The van der Waals surface area contributed by atoms with Gasteiger partial charge in [0.2, 0.25) is 0 Å². The lowest BCUT2D eigenvalue weighted by molar-refractivity contribution is -0.104. The first-order valence-electron chi connectivity index (χ1n) is 4.20. The van der Waals surface area contributed by atoms with Crippen molar-refractivity contribution in [2.24, 2.45) is 0 Å². The van der Waals surface area contributed by atoms with E-state index in [1.54, 1.807) is 18.3 Å². The summed E-state index contributed by atoms with van der Waals surface area (Å²) < 4.78 is 12.9. The van der Waals surface area contributed by atoms with Crippen LogP contribution < -0.4 is 0 Å². The van der Waals surface area contributed by atoms with Crippen LogP contribution in [0.3, 0.4) is 0 Å². The Morgan fingerprint density at radius 3 is 3.00 bits per heavy atom. The van der Waals surface area contributed by atoms with Gasteiger partial charge in [-0.2, -0.15) is 0 Å². The minimum absolute atomic E-state index is 0.280. The number of hydrogen-bond acceptors (Lipinski definition) is 1. The lowest BCUT2D eigenvalue weighted by Crippen LogP contribution is -1.74. The van der Waals surface area contributed by atoms with Crippen molar-refractivity contribution in [1.82, 2.24) is 4.98 Å². The highest BCUT2D eigenvalue weighted by molar-refractivity contribution is 5.90. The van der Waals surface area contributed by atoms with E-state index < -0.39 is 0 Å². The number of carbonyl (C=O) groups excluding carboxylic acids is 1. The third kappa shape index (κ3) is 1.44. The summed E-state index contributed by atoms with van der Waals surface area (Å²) >= 11 is 0. The average Bonchev–Trinajstić information content (AvgIpc) is 2.57. The van der Waals surface area contributed by atoms with E-state index in [2.05, 4.69) is 4.98 Å². The quantitative estimate of drug-likeness (QED) is 0.571. The zero-order valence-electron chi connectivity index (χ0n) is 7.33. The molecule has 0 unspecified atom stereocenters. The molecule has 0 saturated carbocycles. The molecule has 0 aliphatic rings. The van der Waals surface area contributed by atoms with E-state index in [4.69, 9.17) is 0 Å². The highest BCUT2D eigenvalue weighted by atomic mass is 19.1. The SMILES string of the molecule is O=CC=Cc1c[nH]c2ccc(F)cc12. The van der Waals surface area contributed by atoms with Crippen molar-refractivity contribution in [1.29, 1.82) is 0 Å². The smallest absolute Gasteiger partial charge is 0.142 e. The summed E-state index contributed by atoms with van der Waals surface area (Å²) in [6.45, 7) is 0. The van der Waals surface area contributed by atoms with E-state index in [0.29, 0.717) is 6.29 Å². The van der Waals surface area contributed by atoms with Gasteiger partial charge in [0.25, 0.3) is 0 Å².